The summed E-state index contributed by atoms with van der Waals surface area (Å²) in [5.74, 6) is 0.880. The van der Waals surface area contributed by atoms with Gasteiger partial charge in [-0.15, -0.1) is 0 Å². The van der Waals surface area contributed by atoms with E-state index < -0.39 is 6.10 Å². The van der Waals surface area contributed by atoms with Crippen molar-refractivity contribution < 1.29 is 14.6 Å². The highest BCUT2D eigenvalue weighted by Crippen LogP contribution is 2.26. The van der Waals surface area contributed by atoms with E-state index in [-0.39, 0.29) is 12.0 Å². The number of hydrogen-bond acceptors (Lipinski definition) is 5. The number of nitrogens with one attached hydrogen (secondary N) is 1. The van der Waals surface area contributed by atoms with Crippen molar-refractivity contribution in [2.24, 2.45) is 0 Å². The van der Waals surface area contributed by atoms with Crippen LogP contribution in [0.25, 0.3) is 0 Å². The lowest BCUT2D eigenvalue weighted by Crippen LogP contribution is -2.46. The molecule has 1 fully saturated rings. The van der Waals surface area contributed by atoms with E-state index in [0.717, 1.165) is 68.7 Å². The maximum Gasteiger partial charge on any atom is 0.254 e. The lowest BCUT2D eigenvalue weighted by Gasteiger charge is -2.34. The van der Waals surface area contributed by atoms with E-state index in [1.54, 1.807) is 4.90 Å². The second-order valence-corrected chi connectivity index (χ2v) is 9.29. The summed E-state index contributed by atoms with van der Waals surface area (Å²) in [6.45, 7) is 5.42. The van der Waals surface area contributed by atoms with Gasteiger partial charge in [0.05, 0.1) is 6.10 Å². The van der Waals surface area contributed by atoms with Crippen molar-refractivity contribution >= 4 is 5.91 Å². The maximum absolute atomic E-state index is 13.1. The molecule has 5 rings (SSSR count). The Hall–Kier alpha value is -2.41. The van der Waals surface area contributed by atoms with Gasteiger partial charge in [0.2, 0.25) is 0 Å². The van der Waals surface area contributed by atoms with E-state index in [4.69, 9.17) is 4.74 Å². The third-order valence-electron chi connectivity index (χ3n) is 6.94. The zero-order valence-electron chi connectivity index (χ0n) is 18.6. The minimum atomic E-state index is -0.548. The van der Waals surface area contributed by atoms with E-state index in [0.29, 0.717) is 19.6 Å². The molecule has 170 valence electrons. The van der Waals surface area contributed by atoms with Crippen LogP contribution in [0, 0.1) is 0 Å². The van der Waals surface area contributed by atoms with E-state index in [9.17, 15) is 9.90 Å². The summed E-state index contributed by atoms with van der Waals surface area (Å²) in [4.78, 5) is 17.2. The number of nitrogens with zero attached hydrogens (tertiary/aromatic N) is 2. The number of ether oxygens (including phenoxy) is 1. The molecule has 2 N–H and O–H groups in total. The van der Waals surface area contributed by atoms with Gasteiger partial charge in [-0.05, 0) is 73.7 Å². The first kappa shape index (κ1) is 21.4. The van der Waals surface area contributed by atoms with Crippen LogP contribution < -0.4 is 10.1 Å². The Morgan fingerprint density at radius 2 is 1.78 bits per heavy atom. The summed E-state index contributed by atoms with van der Waals surface area (Å²) in [5.41, 5.74) is 4.55. The van der Waals surface area contributed by atoms with Crippen LogP contribution in [0.2, 0.25) is 0 Å². The summed E-state index contributed by atoms with van der Waals surface area (Å²) < 4.78 is 6.15. The number of rotatable bonds is 6. The number of carbonyl (C=O) groups is 1. The lowest BCUT2D eigenvalue weighted by molar-refractivity contribution is 0.0492. The van der Waals surface area contributed by atoms with Crippen molar-refractivity contribution in [1.29, 1.82) is 0 Å². The first-order valence-corrected chi connectivity index (χ1v) is 11.9. The molecule has 1 amide bonds. The van der Waals surface area contributed by atoms with E-state index in [1.165, 1.54) is 11.1 Å². The Morgan fingerprint density at radius 1 is 1.00 bits per heavy atom. The van der Waals surface area contributed by atoms with Gasteiger partial charge in [0.25, 0.3) is 5.91 Å². The average molecular weight is 436 g/mol. The molecule has 1 saturated heterocycles. The molecule has 2 aromatic carbocycles. The molecular weight excluding hydrogens is 402 g/mol. The normalized spacial score (nSPS) is 20.5. The molecule has 6 heteroatoms. The van der Waals surface area contributed by atoms with Gasteiger partial charge in [-0.3, -0.25) is 9.69 Å². The van der Waals surface area contributed by atoms with Gasteiger partial charge < -0.3 is 20.1 Å². The number of carbonyl (C=O) groups excluding carboxylic acids is 1. The van der Waals surface area contributed by atoms with Crippen molar-refractivity contribution in [2.75, 3.05) is 39.3 Å². The minimum absolute atomic E-state index is 0.0164. The van der Waals surface area contributed by atoms with E-state index in [1.807, 2.05) is 18.2 Å². The van der Waals surface area contributed by atoms with Crippen molar-refractivity contribution in [3.63, 3.8) is 0 Å². The molecule has 2 aromatic rings. The quantitative estimate of drug-likeness (QED) is 0.729. The average Bonchev–Trinajstić information content (AvgIpc) is 2.81. The number of hydrogen-bond donors (Lipinski definition) is 2. The number of aliphatic hydroxyl groups excluding tert-OH is 1. The Labute approximate surface area is 190 Å². The summed E-state index contributed by atoms with van der Waals surface area (Å²) in [6, 6.07) is 14.4. The predicted octanol–water partition coefficient (Wildman–Crippen LogP) is 2.23. The molecule has 0 spiro atoms. The molecule has 3 aliphatic heterocycles. The molecule has 32 heavy (non-hydrogen) atoms. The fourth-order valence-corrected chi connectivity index (χ4v) is 5.19. The zero-order valence-corrected chi connectivity index (χ0v) is 18.6. The van der Waals surface area contributed by atoms with Crippen molar-refractivity contribution in [3.8, 4) is 5.75 Å². The van der Waals surface area contributed by atoms with Crippen LogP contribution in [0.3, 0.4) is 0 Å². The molecule has 0 aliphatic carbocycles. The predicted molar refractivity (Wildman–Crippen MR) is 124 cm³/mol. The monoisotopic (exact) mass is 435 g/mol. The van der Waals surface area contributed by atoms with Crippen LogP contribution in [0.15, 0.2) is 42.5 Å². The standard InChI is InChI=1S/C26H33N3O3/c30-22(17-28-13-9-19-3-1-2-4-21(19)16-28)18-29-14-10-20-15-24(5-6-25(20)26(29)31)32-23-7-11-27-12-8-23/h1-6,15,22-23,27,30H,7-14,16-18H2/t22-/m1/s1. The zero-order chi connectivity index (χ0) is 21.9. The van der Waals surface area contributed by atoms with Gasteiger partial charge >= 0.3 is 0 Å². The fourth-order valence-electron chi connectivity index (χ4n) is 5.19. The molecule has 6 nitrogen and oxygen atoms in total. The highest BCUT2D eigenvalue weighted by Gasteiger charge is 2.28. The molecule has 0 unspecified atom stereocenters. The fraction of sp³-hybridized carbons (Fsp3) is 0.500. The topological polar surface area (TPSA) is 65.0 Å². The number of aliphatic hydroxyl groups is 1. The molecular formula is C26H33N3O3. The highest BCUT2D eigenvalue weighted by atomic mass is 16.5. The summed E-state index contributed by atoms with van der Waals surface area (Å²) in [7, 11) is 0. The van der Waals surface area contributed by atoms with E-state index >= 15 is 0 Å². The van der Waals surface area contributed by atoms with Crippen LogP contribution in [0.1, 0.15) is 39.9 Å². The number of β-amino-alcohol motifs (C(OH)–C–C–N with tert-alkyl or cyclic N) is 1. The third kappa shape index (κ3) is 4.82. The molecule has 0 aromatic heterocycles. The van der Waals surface area contributed by atoms with Crippen LogP contribution in [-0.4, -0.2) is 72.3 Å². The molecule has 0 saturated carbocycles. The van der Waals surface area contributed by atoms with Gasteiger partial charge in [0, 0.05) is 38.3 Å². The van der Waals surface area contributed by atoms with Crippen molar-refractivity contribution in [1.82, 2.24) is 15.1 Å². The molecule has 3 aliphatic rings. The van der Waals surface area contributed by atoms with Gasteiger partial charge in [-0.1, -0.05) is 24.3 Å². The van der Waals surface area contributed by atoms with E-state index in [2.05, 4.69) is 34.5 Å². The van der Waals surface area contributed by atoms with Gasteiger partial charge in [-0.2, -0.15) is 0 Å². The SMILES string of the molecule is O=C1c2ccc(OC3CCNCC3)cc2CCN1C[C@H](O)CN1CCc2ccccc2C1. The summed E-state index contributed by atoms with van der Waals surface area (Å²) >= 11 is 0. The van der Waals surface area contributed by atoms with Gasteiger partial charge in [0.15, 0.2) is 0 Å². The lowest BCUT2D eigenvalue weighted by atomic mass is 9.98. The number of amides is 1. The molecule has 3 heterocycles. The Balaban J connectivity index is 1.16. The molecule has 0 bridgehead atoms. The summed E-state index contributed by atoms with van der Waals surface area (Å²) in [5, 5.41) is 14.1. The van der Waals surface area contributed by atoms with Crippen molar-refractivity contribution in [3.05, 3.63) is 64.7 Å². The van der Waals surface area contributed by atoms with Gasteiger partial charge in [-0.25, -0.2) is 0 Å². The molecule has 0 radical (unpaired) electrons. The van der Waals surface area contributed by atoms with Crippen LogP contribution >= 0.6 is 0 Å². The van der Waals surface area contributed by atoms with Crippen molar-refractivity contribution in [2.45, 2.75) is 44.4 Å². The Kier molecular flexibility index (Phi) is 6.44. The molecule has 1 atom stereocenters. The largest absolute Gasteiger partial charge is 0.490 e. The highest BCUT2D eigenvalue weighted by molar-refractivity contribution is 5.97. The number of benzene rings is 2. The Bertz CT molecular complexity index is 957. The number of fused-ring (bicyclic) bond motifs is 2. The smallest absolute Gasteiger partial charge is 0.254 e. The first-order chi connectivity index (χ1) is 15.7. The van der Waals surface area contributed by atoms with Gasteiger partial charge in [0.1, 0.15) is 11.9 Å². The Morgan fingerprint density at radius 3 is 2.62 bits per heavy atom. The third-order valence-corrected chi connectivity index (χ3v) is 6.94. The van der Waals surface area contributed by atoms with Crippen LogP contribution in [0.5, 0.6) is 5.75 Å². The van der Waals surface area contributed by atoms with Crippen LogP contribution in [0.4, 0.5) is 0 Å². The maximum atomic E-state index is 13.1. The minimum Gasteiger partial charge on any atom is -0.490 e. The van der Waals surface area contributed by atoms with Crippen LogP contribution in [-0.2, 0) is 19.4 Å². The first-order valence-electron chi connectivity index (χ1n) is 11.9. The summed E-state index contributed by atoms with van der Waals surface area (Å²) in [6.07, 6.45) is 3.55. The second kappa shape index (κ2) is 9.61. The second-order valence-electron chi connectivity index (χ2n) is 9.29. The number of piperidine rings is 1.